The Labute approximate surface area is 172 Å². The van der Waals surface area contributed by atoms with Crippen LogP contribution < -0.4 is 10.2 Å². The van der Waals surface area contributed by atoms with Crippen LogP contribution in [0.4, 0.5) is 11.5 Å². The van der Waals surface area contributed by atoms with Crippen molar-refractivity contribution in [3.63, 3.8) is 0 Å². The fourth-order valence-corrected chi connectivity index (χ4v) is 3.85. The Kier molecular flexibility index (Phi) is 5.50. The maximum Gasteiger partial charge on any atom is 0.229 e. The molecular weight excluding hydrogens is 399 g/mol. The summed E-state index contributed by atoms with van der Waals surface area (Å²) < 4.78 is 5.34. The molecule has 3 heterocycles. The first kappa shape index (κ1) is 18.8. The van der Waals surface area contributed by atoms with E-state index in [9.17, 15) is 4.79 Å². The van der Waals surface area contributed by atoms with Crippen LogP contribution in [-0.2, 0) is 4.79 Å². The molecule has 0 spiro atoms. The van der Waals surface area contributed by atoms with Gasteiger partial charge in [0.15, 0.2) is 11.6 Å². The quantitative estimate of drug-likeness (QED) is 0.654. The van der Waals surface area contributed by atoms with Crippen molar-refractivity contribution in [2.45, 2.75) is 12.8 Å². The standard InChI is InChI=1S/C20H18Cl2N4O2/c21-14-9-15(22)11-16(10-14)23-20(27)13-3-1-7-26(12-13)19-6-5-17(24-25-19)18-4-2-8-28-18/h2,4-6,8-11,13H,1,3,7,12H2,(H,23,27). The van der Waals surface area contributed by atoms with E-state index in [0.29, 0.717) is 33.7 Å². The lowest BCUT2D eigenvalue weighted by Gasteiger charge is -2.32. The summed E-state index contributed by atoms with van der Waals surface area (Å²) in [6, 6.07) is 12.4. The molecule has 3 aromatic rings. The van der Waals surface area contributed by atoms with Crippen LogP contribution in [0.2, 0.25) is 10.0 Å². The molecule has 4 rings (SSSR count). The van der Waals surface area contributed by atoms with Crippen LogP contribution in [0.25, 0.3) is 11.5 Å². The van der Waals surface area contributed by atoms with Crippen LogP contribution in [0.15, 0.2) is 53.1 Å². The molecule has 1 aliphatic heterocycles. The van der Waals surface area contributed by atoms with Crippen LogP contribution in [0.1, 0.15) is 12.8 Å². The number of nitrogens with one attached hydrogen (secondary N) is 1. The summed E-state index contributed by atoms with van der Waals surface area (Å²) in [5.41, 5.74) is 1.28. The van der Waals surface area contributed by atoms with Crippen molar-refractivity contribution < 1.29 is 9.21 Å². The zero-order chi connectivity index (χ0) is 19.5. The second-order valence-electron chi connectivity index (χ2n) is 6.69. The van der Waals surface area contributed by atoms with Crippen LogP contribution in [0.3, 0.4) is 0 Å². The summed E-state index contributed by atoms with van der Waals surface area (Å²) in [5, 5.41) is 12.4. The molecule has 1 unspecified atom stereocenters. The SMILES string of the molecule is O=C(Nc1cc(Cl)cc(Cl)c1)C1CCCN(c2ccc(-c3ccco3)nn2)C1. The molecule has 1 N–H and O–H groups in total. The van der Waals surface area contributed by atoms with E-state index in [-0.39, 0.29) is 11.8 Å². The summed E-state index contributed by atoms with van der Waals surface area (Å²) in [6.45, 7) is 1.41. The predicted molar refractivity (Wildman–Crippen MR) is 110 cm³/mol. The van der Waals surface area contributed by atoms with Gasteiger partial charge in [-0.15, -0.1) is 10.2 Å². The smallest absolute Gasteiger partial charge is 0.229 e. The van der Waals surface area contributed by atoms with Gasteiger partial charge >= 0.3 is 0 Å². The average molecular weight is 417 g/mol. The van der Waals surface area contributed by atoms with Crippen molar-refractivity contribution in [1.82, 2.24) is 10.2 Å². The van der Waals surface area contributed by atoms with Gasteiger partial charge in [0.25, 0.3) is 0 Å². The maximum atomic E-state index is 12.7. The Balaban J connectivity index is 1.43. The normalized spacial score (nSPS) is 16.8. The zero-order valence-electron chi connectivity index (χ0n) is 14.9. The topological polar surface area (TPSA) is 71.3 Å². The molecule has 6 nitrogen and oxygen atoms in total. The lowest BCUT2D eigenvalue weighted by Crippen LogP contribution is -2.41. The lowest BCUT2D eigenvalue weighted by molar-refractivity contribution is -0.120. The number of hydrogen-bond donors (Lipinski definition) is 1. The zero-order valence-corrected chi connectivity index (χ0v) is 16.5. The molecule has 1 saturated heterocycles. The van der Waals surface area contributed by atoms with Gasteiger partial charge in [-0.3, -0.25) is 4.79 Å². The number of nitrogens with zero attached hydrogens (tertiary/aromatic N) is 3. The Morgan fingerprint density at radius 1 is 1.14 bits per heavy atom. The molecule has 0 radical (unpaired) electrons. The highest BCUT2D eigenvalue weighted by molar-refractivity contribution is 6.35. The van der Waals surface area contributed by atoms with E-state index in [1.165, 1.54) is 0 Å². The Hall–Kier alpha value is -2.57. The summed E-state index contributed by atoms with van der Waals surface area (Å²) in [5.74, 6) is 1.22. The number of aromatic nitrogens is 2. The third kappa shape index (κ3) is 4.29. The van der Waals surface area contributed by atoms with E-state index in [4.69, 9.17) is 27.6 Å². The fourth-order valence-electron chi connectivity index (χ4n) is 3.32. The first-order valence-electron chi connectivity index (χ1n) is 8.98. The Bertz CT molecular complexity index is 941. The van der Waals surface area contributed by atoms with Crippen molar-refractivity contribution in [1.29, 1.82) is 0 Å². The minimum Gasteiger partial charge on any atom is -0.463 e. The van der Waals surface area contributed by atoms with Crippen LogP contribution >= 0.6 is 23.2 Å². The largest absolute Gasteiger partial charge is 0.463 e. The molecule has 144 valence electrons. The molecular formula is C20H18Cl2N4O2. The molecule has 1 aromatic carbocycles. The van der Waals surface area contributed by atoms with Crippen molar-refractivity contribution in [2.24, 2.45) is 5.92 Å². The van der Waals surface area contributed by atoms with Gasteiger partial charge in [-0.1, -0.05) is 23.2 Å². The predicted octanol–water partition coefficient (Wildman–Crippen LogP) is 4.90. The monoisotopic (exact) mass is 416 g/mol. The molecule has 2 aromatic heterocycles. The highest BCUT2D eigenvalue weighted by Crippen LogP contribution is 2.26. The number of halogens is 2. The molecule has 1 fully saturated rings. The summed E-state index contributed by atoms with van der Waals surface area (Å²) in [6.07, 6.45) is 3.32. The van der Waals surface area contributed by atoms with Gasteiger partial charge in [0, 0.05) is 28.8 Å². The number of benzene rings is 1. The fraction of sp³-hybridized carbons (Fsp3) is 0.250. The van der Waals surface area contributed by atoms with Gasteiger partial charge in [0.05, 0.1) is 12.2 Å². The van der Waals surface area contributed by atoms with Gasteiger partial charge in [-0.25, -0.2) is 0 Å². The van der Waals surface area contributed by atoms with Gasteiger partial charge in [0.1, 0.15) is 5.69 Å². The third-order valence-corrected chi connectivity index (χ3v) is 5.11. The minimum absolute atomic E-state index is 0.0526. The van der Waals surface area contributed by atoms with E-state index >= 15 is 0 Å². The number of piperidine rings is 1. The second kappa shape index (κ2) is 8.20. The number of anilines is 2. The van der Waals surface area contributed by atoms with Gasteiger partial charge in [0.2, 0.25) is 5.91 Å². The number of amides is 1. The average Bonchev–Trinajstić information content (AvgIpc) is 3.22. The first-order chi connectivity index (χ1) is 13.6. The van der Waals surface area contributed by atoms with E-state index < -0.39 is 0 Å². The van der Waals surface area contributed by atoms with Gasteiger partial charge in [-0.05, 0) is 55.3 Å². The van der Waals surface area contributed by atoms with Crippen LogP contribution in [0.5, 0.6) is 0 Å². The molecule has 0 saturated carbocycles. The van der Waals surface area contributed by atoms with Crippen LogP contribution in [-0.4, -0.2) is 29.2 Å². The maximum absolute atomic E-state index is 12.7. The summed E-state index contributed by atoms with van der Waals surface area (Å²) >= 11 is 12.0. The van der Waals surface area contributed by atoms with Gasteiger partial charge in [-0.2, -0.15) is 0 Å². The number of furan rings is 1. The molecule has 0 aliphatic carbocycles. The van der Waals surface area contributed by atoms with Crippen LogP contribution in [0, 0.1) is 5.92 Å². The van der Waals surface area contributed by atoms with Crippen molar-refractivity contribution in [3.8, 4) is 11.5 Å². The van der Waals surface area contributed by atoms with Gasteiger partial charge < -0.3 is 14.6 Å². The summed E-state index contributed by atoms with van der Waals surface area (Å²) in [7, 11) is 0. The first-order valence-corrected chi connectivity index (χ1v) is 9.73. The van der Waals surface area contributed by atoms with Crippen molar-refractivity contribution >= 4 is 40.6 Å². The van der Waals surface area contributed by atoms with Crippen molar-refractivity contribution in [2.75, 3.05) is 23.3 Å². The minimum atomic E-state index is -0.155. The highest BCUT2D eigenvalue weighted by Gasteiger charge is 2.27. The van der Waals surface area contributed by atoms with E-state index in [1.807, 2.05) is 24.3 Å². The molecule has 1 atom stereocenters. The third-order valence-electron chi connectivity index (χ3n) is 4.67. The molecule has 0 bridgehead atoms. The van der Waals surface area contributed by atoms with Crippen molar-refractivity contribution in [3.05, 3.63) is 58.8 Å². The van der Waals surface area contributed by atoms with E-state index in [2.05, 4.69) is 20.4 Å². The number of rotatable bonds is 4. The number of carbonyl (C=O) groups is 1. The van der Waals surface area contributed by atoms with E-state index in [0.717, 1.165) is 25.2 Å². The van der Waals surface area contributed by atoms with E-state index in [1.54, 1.807) is 24.5 Å². The molecule has 28 heavy (non-hydrogen) atoms. The lowest BCUT2D eigenvalue weighted by atomic mass is 9.97. The number of hydrogen-bond acceptors (Lipinski definition) is 5. The Morgan fingerprint density at radius 2 is 1.96 bits per heavy atom. The summed E-state index contributed by atoms with van der Waals surface area (Å²) in [4.78, 5) is 14.8. The second-order valence-corrected chi connectivity index (χ2v) is 7.56. The Morgan fingerprint density at radius 3 is 2.64 bits per heavy atom. The number of carbonyl (C=O) groups excluding carboxylic acids is 1. The molecule has 8 heteroatoms. The molecule has 1 amide bonds. The molecule has 1 aliphatic rings. The highest BCUT2D eigenvalue weighted by atomic mass is 35.5.